The predicted molar refractivity (Wildman–Crippen MR) is 161 cm³/mol. The average molecular weight is 505 g/mol. The molecule has 0 amide bonds. The largest absolute Gasteiger partial charge is 0.226 e. The van der Waals surface area contributed by atoms with Crippen LogP contribution in [0.2, 0.25) is 0 Å². The molecule has 0 spiro atoms. The van der Waals surface area contributed by atoms with Gasteiger partial charge in [0.25, 0.3) is 0 Å². The lowest BCUT2D eigenvalue weighted by molar-refractivity contribution is 1.24. The number of benzene rings is 5. The van der Waals surface area contributed by atoms with Crippen molar-refractivity contribution >= 4 is 31.6 Å². The first kappa shape index (κ1) is 22.6. The van der Waals surface area contributed by atoms with Crippen molar-refractivity contribution in [3.05, 3.63) is 133 Å². The molecular weight excluding hydrogens is 480 g/mol. The summed E-state index contributed by atoms with van der Waals surface area (Å²) in [5, 5.41) is 1.17. The van der Waals surface area contributed by atoms with E-state index in [1.54, 1.807) is 11.3 Å². The second kappa shape index (κ2) is 9.37. The van der Waals surface area contributed by atoms with Gasteiger partial charge in [-0.15, -0.1) is 11.3 Å². The molecule has 0 bridgehead atoms. The smallest absolute Gasteiger partial charge is 0.160 e. The van der Waals surface area contributed by atoms with E-state index in [0.717, 1.165) is 32.9 Å². The maximum Gasteiger partial charge on any atom is 0.160 e. The van der Waals surface area contributed by atoms with Gasteiger partial charge in [-0.1, -0.05) is 127 Å². The molecule has 5 aromatic carbocycles. The van der Waals surface area contributed by atoms with E-state index in [0.29, 0.717) is 0 Å². The number of aryl methyl sites for hydroxylation is 1. The van der Waals surface area contributed by atoms with Gasteiger partial charge in [-0.2, -0.15) is 0 Å². The molecule has 0 radical (unpaired) electrons. The standard InChI is InChI=1S/C35H24N2S/c1-23-11-8-16-26(21-23)27-17-9-18-28(22-27)29-19-10-20-30-32-34(38-33(29)30)31(24-12-4-2-5-13-24)36-35(37-32)25-14-6-3-7-15-25/h2-22H,1H3. The van der Waals surface area contributed by atoms with Crippen LogP contribution in [0, 0.1) is 6.92 Å². The van der Waals surface area contributed by atoms with Crippen LogP contribution in [-0.4, -0.2) is 9.97 Å². The summed E-state index contributed by atoms with van der Waals surface area (Å²) < 4.78 is 2.36. The molecule has 0 fully saturated rings. The molecule has 38 heavy (non-hydrogen) atoms. The minimum Gasteiger partial charge on any atom is -0.226 e. The van der Waals surface area contributed by atoms with Crippen molar-refractivity contribution in [1.82, 2.24) is 9.97 Å². The van der Waals surface area contributed by atoms with Gasteiger partial charge in [0.1, 0.15) is 0 Å². The van der Waals surface area contributed by atoms with Crippen molar-refractivity contribution in [3.63, 3.8) is 0 Å². The van der Waals surface area contributed by atoms with E-state index in [9.17, 15) is 0 Å². The SMILES string of the molecule is Cc1cccc(-c2cccc(-c3cccc4c3sc3c(-c5ccccc5)nc(-c5ccccc5)nc34)c2)c1. The molecule has 180 valence electrons. The fourth-order valence-corrected chi connectivity index (χ4v) is 6.38. The quantitative estimate of drug-likeness (QED) is 0.238. The molecule has 0 N–H and O–H groups in total. The van der Waals surface area contributed by atoms with Crippen LogP contribution in [0.1, 0.15) is 5.56 Å². The Morgan fingerprint density at radius 3 is 1.89 bits per heavy atom. The number of rotatable bonds is 4. The highest BCUT2D eigenvalue weighted by atomic mass is 32.1. The lowest BCUT2D eigenvalue weighted by atomic mass is 9.97. The van der Waals surface area contributed by atoms with Crippen molar-refractivity contribution in [3.8, 4) is 44.9 Å². The molecule has 2 aromatic heterocycles. The van der Waals surface area contributed by atoms with Crippen LogP contribution in [0.25, 0.3) is 65.2 Å². The summed E-state index contributed by atoms with van der Waals surface area (Å²) in [6.45, 7) is 2.14. The zero-order chi connectivity index (χ0) is 25.5. The number of hydrogen-bond acceptors (Lipinski definition) is 3. The lowest BCUT2D eigenvalue weighted by Crippen LogP contribution is -1.93. The Balaban J connectivity index is 1.48. The first-order valence-corrected chi connectivity index (χ1v) is 13.6. The summed E-state index contributed by atoms with van der Waals surface area (Å²) >= 11 is 1.79. The minimum atomic E-state index is 0.753. The lowest BCUT2D eigenvalue weighted by Gasteiger charge is -2.08. The van der Waals surface area contributed by atoms with Gasteiger partial charge in [0.2, 0.25) is 0 Å². The van der Waals surface area contributed by atoms with E-state index in [-0.39, 0.29) is 0 Å². The monoisotopic (exact) mass is 504 g/mol. The van der Waals surface area contributed by atoms with Gasteiger partial charge in [0, 0.05) is 21.2 Å². The number of fused-ring (bicyclic) bond motifs is 3. The summed E-state index contributed by atoms with van der Waals surface area (Å²) in [4.78, 5) is 10.2. The van der Waals surface area contributed by atoms with Crippen molar-refractivity contribution < 1.29 is 0 Å². The first-order chi connectivity index (χ1) is 18.7. The van der Waals surface area contributed by atoms with Crippen LogP contribution in [0.5, 0.6) is 0 Å². The van der Waals surface area contributed by atoms with Crippen LogP contribution >= 0.6 is 11.3 Å². The molecule has 7 rings (SSSR count). The van der Waals surface area contributed by atoms with Gasteiger partial charge in [-0.05, 0) is 35.2 Å². The van der Waals surface area contributed by atoms with Crippen LogP contribution in [0.3, 0.4) is 0 Å². The summed E-state index contributed by atoms with van der Waals surface area (Å²) in [7, 11) is 0. The number of nitrogens with zero attached hydrogens (tertiary/aromatic N) is 2. The Hall–Kier alpha value is -4.60. The maximum absolute atomic E-state index is 5.13. The molecule has 3 heteroatoms. The number of thiophene rings is 1. The Bertz CT molecular complexity index is 1920. The van der Waals surface area contributed by atoms with E-state index >= 15 is 0 Å². The fraction of sp³-hybridized carbons (Fsp3) is 0.0286. The summed E-state index contributed by atoms with van der Waals surface area (Å²) in [6, 6.07) is 44.8. The van der Waals surface area contributed by atoms with Gasteiger partial charge < -0.3 is 0 Å². The van der Waals surface area contributed by atoms with Gasteiger partial charge in [0.15, 0.2) is 5.82 Å². The van der Waals surface area contributed by atoms with Crippen LogP contribution in [0.15, 0.2) is 127 Å². The van der Waals surface area contributed by atoms with Crippen molar-refractivity contribution in [2.75, 3.05) is 0 Å². The molecular formula is C35H24N2S. The van der Waals surface area contributed by atoms with E-state index < -0.39 is 0 Å². The van der Waals surface area contributed by atoms with Crippen LogP contribution in [-0.2, 0) is 0 Å². The molecule has 2 heterocycles. The van der Waals surface area contributed by atoms with E-state index in [1.165, 1.54) is 37.9 Å². The average Bonchev–Trinajstić information content (AvgIpc) is 3.36. The van der Waals surface area contributed by atoms with Gasteiger partial charge in [0.05, 0.1) is 15.9 Å². The van der Waals surface area contributed by atoms with Gasteiger partial charge in [-0.3, -0.25) is 0 Å². The molecule has 2 nitrogen and oxygen atoms in total. The second-order valence-corrected chi connectivity index (χ2v) is 10.6. The number of hydrogen-bond donors (Lipinski definition) is 0. The topological polar surface area (TPSA) is 25.8 Å². The summed E-state index contributed by atoms with van der Waals surface area (Å²) in [5.74, 6) is 0.753. The van der Waals surface area contributed by atoms with E-state index in [1.807, 2.05) is 24.3 Å². The molecule has 0 aliphatic heterocycles. The molecule has 0 saturated carbocycles. The van der Waals surface area contributed by atoms with Gasteiger partial charge in [-0.25, -0.2) is 9.97 Å². The van der Waals surface area contributed by atoms with Crippen molar-refractivity contribution in [2.45, 2.75) is 6.92 Å². The molecule has 0 aliphatic rings. The maximum atomic E-state index is 5.13. The Morgan fingerprint density at radius 2 is 1.13 bits per heavy atom. The zero-order valence-electron chi connectivity index (χ0n) is 20.9. The van der Waals surface area contributed by atoms with Crippen LogP contribution < -0.4 is 0 Å². The third kappa shape index (κ3) is 3.98. The second-order valence-electron chi connectivity index (χ2n) is 9.54. The van der Waals surface area contributed by atoms with Gasteiger partial charge >= 0.3 is 0 Å². The Kier molecular flexibility index (Phi) is 5.57. The Labute approximate surface area is 225 Å². The highest BCUT2D eigenvalue weighted by Crippen LogP contribution is 2.43. The first-order valence-electron chi connectivity index (χ1n) is 12.8. The molecule has 7 aromatic rings. The van der Waals surface area contributed by atoms with Crippen LogP contribution in [0.4, 0.5) is 0 Å². The molecule has 0 atom stereocenters. The minimum absolute atomic E-state index is 0.753. The predicted octanol–water partition coefficient (Wildman–Crippen LogP) is 9.82. The molecule has 0 aliphatic carbocycles. The third-order valence-electron chi connectivity index (χ3n) is 6.94. The van der Waals surface area contributed by atoms with Crippen molar-refractivity contribution in [2.24, 2.45) is 0 Å². The normalized spacial score (nSPS) is 11.3. The molecule has 0 saturated heterocycles. The van der Waals surface area contributed by atoms with E-state index in [2.05, 4.69) is 110 Å². The highest BCUT2D eigenvalue weighted by Gasteiger charge is 2.18. The Morgan fingerprint density at radius 1 is 0.500 bits per heavy atom. The summed E-state index contributed by atoms with van der Waals surface area (Å²) in [5.41, 5.74) is 10.3. The fourth-order valence-electron chi connectivity index (χ4n) is 5.09. The summed E-state index contributed by atoms with van der Waals surface area (Å²) in [6.07, 6.45) is 0. The van der Waals surface area contributed by atoms with E-state index in [4.69, 9.17) is 9.97 Å². The number of aromatic nitrogens is 2. The molecule has 0 unspecified atom stereocenters. The third-order valence-corrected chi connectivity index (χ3v) is 8.18. The highest BCUT2D eigenvalue weighted by molar-refractivity contribution is 7.26. The zero-order valence-corrected chi connectivity index (χ0v) is 21.7. The van der Waals surface area contributed by atoms with Crippen molar-refractivity contribution in [1.29, 1.82) is 0 Å².